The summed E-state index contributed by atoms with van der Waals surface area (Å²) < 4.78 is 53.0. The molecule has 0 aromatic heterocycles. The van der Waals surface area contributed by atoms with Gasteiger partial charge in [-0.3, -0.25) is 0 Å². The van der Waals surface area contributed by atoms with Gasteiger partial charge in [0.25, 0.3) is 0 Å². The summed E-state index contributed by atoms with van der Waals surface area (Å²) in [5, 5.41) is 0. The van der Waals surface area contributed by atoms with E-state index in [1.54, 1.807) is 6.07 Å². The molecule has 18 heavy (non-hydrogen) atoms. The monoisotopic (exact) mass is 342 g/mol. The van der Waals surface area contributed by atoms with E-state index < -0.39 is 15.6 Å². The van der Waals surface area contributed by atoms with Gasteiger partial charge in [0.1, 0.15) is 0 Å². The average Bonchev–Trinajstić information content (AvgIpc) is 2.29. The van der Waals surface area contributed by atoms with E-state index in [0.29, 0.717) is 18.6 Å². The number of methoxy groups -OCH3 is 1. The van der Waals surface area contributed by atoms with Crippen molar-refractivity contribution in [1.82, 2.24) is 0 Å². The minimum Gasteiger partial charge on any atom is -0.384 e. The highest BCUT2D eigenvalue weighted by atomic mass is 79.9. The molecule has 1 rings (SSSR count). The van der Waals surface area contributed by atoms with Crippen molar-refractivity contribution in [2.45, 2.75) is 21.9 Å². The molecule has 1 aromatic rings. The van der Waals surface area contributed by atoms with E-state index in [2.05, 4.69) is 15.9 Å². The van der Waals surface area contributed by atoms with Crippen LogP contribution in [0.4, 0.5) is 8.78 Å². The molecule has 0 saturated carbocycles. The van der Waals surface area contributed by atoms with Crippen LogP contribution in [0.15, 0.2) is 29.2 Å². The van der Waals surface area contributed by atoms with Gasteiger partial charge in [-0.05, 0) is 18.1 Å². The summed E-state index contributed by atoms with van der Waals surface area (Å²) in [6.07, 6.45) is 0.302. The Balaban J connectivity index is 3.08. The lowest BCUT2D eigenvalue weighted by Gasteiger charge is -2.13. The third kappa shape index (κ3) is 3.73. The molecule has 0 aliphatic carbocycles. The molecule has 0 heterocycles. The van der Waals surface area contributed by atoms with Gasteiger partial charge >= 0.3 is 5.76 Å². The quantitative estimate of drug-likeness (QED) is 0.746. The van der Waals surface area contributed by atoms with Crippen molar-refractivity contribution in [3.05, 3.63) is 29.8 Å². The van der Waals surface area contributed by atoms with Gasteiger partial charge in [-0.25, -0.2) is 8.42 Å². The van der Waals surface area contributed by atoms with Crippen LogP contribution in [0.25, 0.3) is 0 Å². The lowest BCUT2D eigenvalue weighted by molar-refractivity contribution is 0.200. The van der Waals surface area contributed by atoms with Gasteiger partial charge < -0.3 is 4.74 Å². The maximum atomic E-state index is 12.5. The van der Waals surface area contributed by atoms with Gasteiger partial charge in [-0.2, -0.15) is 8.78 Å². The standard InChI is InChI=1S/C11H13BrF2O3S/c1-17-7-9(12)6-8-4-2-3-5-10(8)18(15,16)11(13)14/h2-5,9,11H,6-7H2,1H3. The average molecular weight is 343 g/mol. The van der Waals surface area contributed by atoms with Gasteiger partial charge in [0, 0.05) is 11.9 Å². The first-order chi connectivity index (χ1) is 8.39. The van der Waals surface area contributed by atoms with Crippen LogP contribution in [0.2, 0.25) is 0 Å². The molecule has 7 heteroatoms. The molecule has 1 atom stereocenters. The van der Waals surface area contributed by atoms with Crippen LogP contribution in [0.5, 0.6) is 0 Å². The van der Waals surface area contributed by atoms with Crippen molar-refractivity contribution in [3.63, 3.8) is 0 Å². The second-order valence-electron chi connectivity index (χ2n) is 3.67. The van der Waals surface area contributed by atoms with Crippen LogP contribution >= 0.6 is 15.9 Å². The minimum atomic E-state index is -4.56. The van der Waals surface area contributed by atoms with Gasteiger partial charge in [0.15, 0.2) is 0 Å². The summed E-state index contributed by atoms with van der Waals surface area (Å²) in [6.45, 7) is 0.364. The van der Waals surface area contributed by atoms with Crippen LogP contribution < -0.4 is 0 Å². The Morgan fingerprint density at radius 1 is 1.33 bits per heavy atom. The van der Waals surface area contributed by atoms with Crippen molar-refractivity contribution >= 4 is 25.8 Å². The zero-order valence-corrected chi connectivity index (χ0v) is 12.0. The van der Waals surface area contributed by atoms with Gasteiger partial charge in [0.2, 0.25) is 9.84 Å². The normalized spacial score (nSPS) is 13.8. The van der Waals surface area contributed by atoms with Gasteiger partial charge in [0.05, 0.1) is 11.5 Å². The smallest absolute Gasteiger partial charge is 0.341 e. The van der Waals surface area contributed by atoms with Crippen molar-refractivity contribution in [2.75, 3.05) is 13.7 Å². The van der Waals surface area contributed by atoms with Crippen molar-refractivity contribution in [1.29, 1.82) is 0 Å². The third-order valence-electron chi connectivity index (χ3n) is 2.30. The molecule has 0 N–H and O–H groups in total. The lowest BCUT2D eigenvalue weighted by Crippen LogP contribution is -2.17. The van der Waals surface area contributed by atoms with E-state index in [1.165, 1.54) is 25.3 Å². The van der Waals surface area contributed by atoms with Crippen LogP contribution in [-0.4, -0.2) is 32.7 Å². The Bertz CT molecular complexity index is 491. The maximum Gasteiger partial charge on any atom is 0.341 e. The molecule has 0 saturated heterocycles. The third-order valence-corrected chi connectivity index (χ3v) is 4.37. The summed E-state index contributed by atoms with van der Waals surface area (Å²) in [4.78, 5) is -0.447. The number of hydrogen-bond acceptors (Lipinski definition) is 3. The Morgan fingerprint density at radius 2 is 1.94 bits per heavy atom. The molecule has 0 fully saturated rings. The van der Waals surface area contributed by atoms with Crippen LogP contribution in [0.1, 0.15) is 5.56 Å². The first kappa shape index (κ1) is 15.5. The summed E-state index contributed by atoms with van der Waals surface area (Å²) in [5.41, 5.74) is 0.358. The van der Waals surface area contributed by atoms with E-state index in [0.717, 1.165) is 0 Å². The molecular formula is C11H13BrF2O3S. The molecule has 0 radical (unpaired) electrons. The Morgan fingerprint density at radius 3 is 2.50 bits per heavy atom. The van der Waals surface area contributed by atoms with Gasteiger partial charge in [-0.1, -0.05) is 34.1 Å². The summed E-state index contributed by atoms with van der Waals surface area (Å²) >= 11 is 3.31. The first-order valence-electron chi connectivity index (χ1n) is 5.12. The summed E-state index contributed by atoms with van der Waals surface area (Å²) in [6, 6.07) is 5.77. The van der Waals surface area contributed by atoms with Crippen LogP contribution in [-0.2, 0) is 21.0 Å². The van der Waals surface area contributed by atoms with E-state index in [9.17, 15) is 17.2 Å². The summed E-state index contributed by atoms with van der Waals surface area (Å²) in [7, 11) is -3.05. The fourth-order valence-corrected chi connectivity index (χ4v) is 3.11. The van der Waals surface area contributed by atoms with Crippen LogP contribution in [0, 0.1) is 0 Å². The molecule has 102 valence electrons. The Hall–Kier alpha value is -0.530. The fraction of sp³-hybridized carbons (Fsp3) is 0.455. The van der Waals surface area contributed by atoms with Crippen molar-refractivity contribution in [2.24, 2.45) is 0 Å². The number of hydrogen-bond donors (Lipinski definition) is 0. The molecule has 1 aromatic carbocycles. The molecule has 0 bridgehead atoms. The van der Waals surface area contributed by atoms with Crippen molar-refractivity contribution in [3.8, 4) is 0 Å². The SMILES string of the molecule is COCC(Br)Cc1ccccc1S(=O)(=O)C(F)F. The Labute approximate surface area is 113 Å². The fourth-order valence-electron chi connectivity index (χ4n) is 1.52. The van der Waals surface area contributed by atoms with Crippen molar-refractivity contribution < 1.29 is 21.9 Å². The highest BCUT2D eigenvalue weighted by molar-refractivity contribution is 9.09. The Kier molecular flexibility index (Phi) is 5.68. The van der Waals surface area contributed by atoms with E-state index in [4.69, 9.17) is 4.74 Å². The number of benzene rings is 1. The van der Waals surface area contributed by atoms with Crippen LogP contribution in [0.3, 0.4) is 0 Å². The molecule has 1 unspecified atom stereocenters. The number of ether oxygens (including phenoxy) is 1. The van der Waals surface area contributed by atoms with E-state index >= 15 is 0 Å². The predicted molar refractivity (Wildman–Crippen MR) is 67.9 cm³/mol. The number of rotatable bonds is 6. The maximum absolute atomic E-state index is 12.5. The molecule has 0 aliphatic rings. The lowest BCUT2D eigenvalue weighted by atomic mass is 10.1. The largest absolute Gasteiger partial charge is 0.384 e. The second kappa shape index (κ2) is 6.58. The minimum absolute atomic E-state index is 0.128. The predicted octanol–water partition coefficient (Wildman–Crippen LogP) is 2.64. The molecule has 0 amide bonds. The number of halogens is 3. The van der Waals surface area contributed by atoms with E-state index in [1.807, 2.05) is 0 Å². The molecular weight excluding hydrogens is 330 g/mol. The summed E-state index contributed by atoms with van der Waals surface area (Å²) in [5.74, 6) is -3.41. The zero-order chi connectivity index (χ0) is 13.8. The molecule has 0 aliphatic heterocycles. The number of alkyl halides is 3. The number of sulfone groups is 1. The molecule has 0 spiro atoms. The first-order valence-corrected chi connectivity index (χ1v) is 7.58. The zero-order valence-electron chi connectivity index (χ0n) is 9.65. The second-order valence-corrected chi connectivity index (χ2v) is 6.85. The van der Waals surface area contributed by atoms with Gasteiger partial charge in [-0.15, -0.1) is 0 Å². The topological polar surface area (TPSA) is 43.4 Å². The highest BCUT2D eigenvalue weighted by Gasteiger charge is 2.29. The highest BCUT2D eigenvalue weighted by Crippen LogP contribution is 2.24. The molecule has 3 nitrogen and oxygen atoms in total. The van der Waals surface area contributed by atoms with E-state index in [-0.39, 0.29) is 9.72 Å².